The van der Waals surface area contributed by atoms with E-state index < -0.39 is 0 Å². The van der Waals surface area contributed by atoms with Crippen molar-refractivity contribution in [3.05, 3.63) is 59.7 Å². The third-order valence-corrected chi connectivity index (χ3v) is 3.13. The van der Waals surface area contributed by atoms with Crippen LogP contribution in [0.2, 0.25) is 0 Å². The lowest BCUT2D eigenvalue weighted by Crippen LogP contribution is -2.27. The molecule has 0 saturated carbocycles. The van der Waals surface area contributed by atoms with E-state index in [1.54, 1.807) is 30.1 Å². The molecule has 0 spiro atoms. The number of benzene rings is 2. The van der Waals surface area contributed by atoms with Crippen molar-refractivity contribution < 1.29 is 9.53 Å². The van der Waals surface area contributed by atoms with Crippen molar-refractivity contribution in [3.63, 3.8) is 0 Å². The molecule has 2 N–H and O–H groups in total. The summed E-state index contributed by atoms with van der Waals surface area (Å²) in [6.07, 6.45) is 0. The summed E-state index contributed by atoms with van der Waals surface area (Å²) in [7, 11) is 3.29. The molecule has 0 fully saturated rings. The molecule has 0 bridgehead atoms. The first-order valence-electron chi connectivity index (χ1n) is 6.35. The molecule has 0 aliphatic heterocycles. The van der Waals surface area contributed by atoms with Gasteiger partial charge < -0.3 is 15.4 Å². The molecule has 0 aromatic heterocycles. The maximum atomic E-state index is 12.4. The minimum Gasteiger partial charge on any atom is -0.495 e. The van der Waals surface area contributed by atoms with Crippen molar-refractivity contribution in [3.8, 4) is 5.75 Å². The van der Waals surface area contributed by atoms with E-state index in [0.29, 0.717) is 23.5 Å². The number of nitrogen functional groups attached to an aromatic ring is 1. The Morgan fingerprint density at radius 3 is 2.50 bits per heavy atom. The van der Waals surface area contributed by atoms with Crippen LogP contribution in [0, 0.1) is 0 Å². The molecule has 0 saturated heterocycles. The molecule has 104 valence electrons. The molecule has 0 atom stereocenters. The number of hydrogen-bond acceptors (Lipinski definition) is 3. The SMILES string of the molecule is COc1cccc(C(=O)N(C)Cc2ccccc2)c1N. The van der Waals surface area contributed by atoms with Gasteiger partial charge in [0.1, 0.15) is 5.75 Å². The third-order valence-electron chi connectivity index (χ3n) is 3.13. The van der Waals surface area contributed by atoms with Crippen LogP contribution >= 0.6 is 0 Å². The second-order valence-corrected chi connectivity index (χ2v) is 4.57. The molecular weight excluding hydrogens is 252 g/mol. The van der Waals surface area contributed by atoms with E-state index in [0.717, 1.165) is 5.56 Å². The number of anilines is 1. The van der Waals surface area contributed by atoms with E-state index in [1.165, 1.54) is 7.11 Å². The lowest BCUT2D eigenvalue weighted by Gasteiger charge is -2.19. The van der Waals surface area contributed by atoms with Crippen LogP contribution in [0.25, 0.3) is 0 Å². The number of carbonyl (C=O) groups excluding carboxylic acids is 1. The van der Waals surface area contributed by atoms with E-state index in [9.17, 15) is 4.79 Å². The summed E-state index contributed by atoms with van der Waals surface area (Å²) < 4.78 is 5.14. The van der Waals surface area contributed by atoms with Gasteiger partial charge in [0.2, 0.25) is 0 Å². The third kappa shape index (κ3) is 2.91. The van der Waals surface area contributed by atoms with Crippen LogP contribution in [0.15, 0.2) is 48.5 Å². The van der Waals surface area contributed by atoms with Crippen molar-refractivity contribution in [1.29, 1.82) is 0 Å². The van der Waals surface area contributed by atoms with Gasteiger partial charge in [-0.3, -0.25) is 4.79 Å². The Bertz CT molecular complexity index is 597. The zero-order valence-corrected chi connectivity index (χ0v) is 11.7. The second kappa shape index (κ2) is 6.10. The number of carbonyl (C=O) groups is 1. The Balaban J connectivity index is 2.19. The Hall–Kier alpha value is -2.49. The summed E-state index contributed by atoms with van der Waals surface area (Å²) in [5, 5.41) is 0. The fraction of sp³-hybridized carbons (Fsp3) is 0.188. The van der Waals surface area contributed by atoms with Crippen molar-refractivity contribution in [1.82, 2.24) is 4.90 Å². The van der Waals surface area contributed by atoms with Gasteiger partial charge in [-0.05, 0) is 17.7 Å². The number of para-hydroxylation sites is 1. The number of methoxy groups -OCH3 is 1. The van der Waals surface area contributed by atoms with Crippen LogP contribution in [0.5, 0.6) is 5.75 Å². The Labute approximate surface area is 118 Å². The van der Waals surface area contributed by atoms with Gasteiger partial charge in [-0.25, -0.2) is 0 Å². The normalized spacial score (nSPS) is 10.1. The van der Waals surface area contributed by atoms with Gasteiger partial charge >= 0.3 is 0 Å². The molecule has 2 aromatic rings. The summed E-state index contributed by atoms with van der Waals surface area (Å²) in [5.41, 5.74) is 7.86. The van der Waals surface area contributed by atoms with Gasteiger partial charge in [0.25, 0.3) is 5.91 Å². The summed E-state index contributed by atoms with van der Waals surface area (Å²) in [6.45, 7) is 0.538. The maximum Gasteiger partial charge on any atom is 0.256 e. The largest absolute Gasteiger partial charge is 0.495 e. The van der Waals surface area contributed by atoms with Crippen LogP contribution < -0.4 is 10.5 Å². The Kier molecular flexibility index (Phi) is 4.25. The molecule has 4 nitrogen and oxygen atoms in total. The highest BCUT2D eigenvalue weighted by atomic mass is 16.5. The minimum absolute atomic E-state index is 0.120. The summed E-state index contributed by atoms with van der Waals surface area (Å²) in [5.74, 6) is 0.397. The smallest absolute Gasteiger partial charge is 0.256 e. The molecule has 20 heavy (non-hydrogen) atoms. The lowest BCUT2D eigenvalue weighted by molar-refractivity contribution is 0.0786. The maximum absolute atomic E-state index is 12.4. The monoisotopic (exact) mass is 270 g/mol. The van der Waals surface area contributed by atoms with Crippen molar-refractivity contribution in [2.24, 2.45) is 0 Å². The van der Waals surface area contributed by atoms with E-state index in [4.69, 9.17) is 10.5 Å². The van der Waals surface area contributed by atoms with Crippen LogP contribution in [0.4, 0.5) is 5.69 Å². The standard InChI is InChI=1S/C16H18N2O2/c1-18(11-12-7-4-3-5-8-12)16(19)13-9-6-10-14(20-2)15(13)17/h3-10H,11,17H2,1-2H3. The molecule has 0 aliphatic carbocycles. The quantitative estimate of drug-likeness (QED) is 0.869. The number of rotatable bonds is 4. The number of ether oxygens (including phenoxy) is 1. The summed E-state index contributed by atoms with van der Waals surface area (Å²) >= 11 is 0. The Morgan fingerprint density at radius 2 is 1.85 bits per heavy atom. The molecule has 0 radical (unpaired) electrons. The Morgan fingerprint density at radius 1 is 1.15 bits per heavy atom. The molecule has 0 aliphatic rings. The van der Waals surface area contributed by atoms with Gasteiger partial charge in [-0.2, -0.15) is 0 Å². The number of nitrogens with two attached hydrogens (primary N) is 1. The van der Waals surface area contributed by atoms with E-state index >= 15 is 0 Å². The van der Waals surface area contributed by atoms with Gasteiger partial charge in [-0.1, -0.05) is 36.4 Å². The molecular formula is C16H18N2O2. The van der Waals surface area contributed by atoms with Crippen LogP contribution in [-0.2, 0) is 6.54 Å². The predicted molar refractivity (Wildman–Crippen MR) is 79.6 cm³/mol. The number of hydrogen-bond donors (Lipinski definition) is 1. The number of nitrogens with zero attached hydrogens (tertiary/aromatic N) is 1. The molecule has 0 unspecified atom stereocenters. The zero-order valence-electron chi connectivity index (χ0n) is 11.7. The molecule has 4 heteroatoms. The first-order valence-corrected chi connectivity index (χ1v) is 6.35. The van der Waals surface area contributed by atoms with Crippen LogP contribution in [0.1, 0.15) is 15.9 Å². The van der Waals surface area contributed by atoms with Gasteiger partial charge in [0, 0.05) is 13.6 Å². The first-order chi connectivity index (χ1) is 9.63. The average molecular weight is 270 g/mol. The van der Waals surface area contributed by atoms with Crippen LogP contribution in [-0.4, -0.2) is 25.0 Å². The fourth-order valence-corrected chi connectivity index (χ4v) is 2.04. The molecule has 2 rings (SSSR count). The highest BCUT2D eigenvalue weighted by molar-refractivity contribution is 6.00. The number of amides is 1. The van der Waals surface area contributed by atoms with Crippen molar-refractivity contribution in [2.45, 2.75) is 6.54 Å². The topological polar surface area (TPSA) is 55.6 Å². The molecule has 1 amide bonds. The van der Waals surface area contributed by atoms with Gasteiger partial charge in [0.15, 0.2) is 0 Å². The predicted octanol–water partition coefficient (Wildman–Crippen LogP) is 2.55. The zero-order chi connectivity index (χ0) is 14.5. The van der Waals surface area contributed by atoms with Crippen molar-refractivity contribution in [2.75, 3.05) is 19.9 Å². The summed E-state index contributed by atoms with van der Waals surface area (Å²) in [4.78, 5) is 14.1. The van der Waals surface area contributed by atoms with Crippen molar-refractivity contribution >= 4 is 11.6 Å². The lowest BCUT2D eigenvalue weighted by atomic mass is 10.1. The summed E-state index contributed by atoms with van der Waals surface area (Å²) in [6, 6.07) is 15.0. The van der Waals surface area contributed by atoms with E-state index in [-0.39, 0.29) is 5.91 Å². The first kappa shape index (κ1) is 13.9. The average Bonchev–Trinajstić information content (AvgIpc) is 2.48. The van der Waals surface area contributed by atoms with Gasteiger partial charge in [-0.15, -0.1) is 0 Å². The van der Waals surface area contributed by atoms with Crippen LogP contribution in [0.3, 0.4) is 0 Å². The van der Waals surface area contributed by atoms with E-state index in [1.807, 2.05) is 30.3 Å². The second-order valence-electron chi connectivity index (χ2n) is 4.57. The highest BCUT2D eigenvalue weighted by Gasteiger charge is 2.17. The van der Waals surface area contributed by atoms with E-state index in [2.05, 4.69) is 0 Å². The minimum atomic E-state index is -0.120. The molecule has 0 heterocycles. The fourth-order valence-electron chi connectivity index (χ4n) is 2.04. The highest BCUT2D eigenvalue weighted by Crippen LogP contribution is 2.25. The molecule has 2 aromatic carbocycles. The van der Waals surface area contributed by atoms with Gasteiger partial charge in [0.05, 0.1) is 18.4 Å².